The van der Waals surface area contributed by atoms with Gasteiger partial charge in [-0.2, -0.15) is 19.6 Å². The van der Waals surface area contributed by atoms with Gasteiger partial charge in [0.05, 0.1) is 5.56 Å². The van der Waals surface area contributed by atoms with Crippen molar-refractivity contribution in [2.24, 2.45) is 0 Å². The minimum Gasteiger partial charge on any atom is -0.356 e. The van der Waals surface area contributed by atoms with Crippen molar-refractivity contribution in [1.82, 2.24) is 19.6 Å². The average molecular weight is 384 g/mol. The van der Waals surface area contributed by atoms with Crippen LogP contribution in [0.3, 0.4) is 0 Å². The maximum atomic E-state index is 6.67. The van der Waals surface area contributed by atoms with E-state index in [-0.39, 0.29) is 5.41 Å². The van der Waals surface area contributed by atoms with Crippen molar-refractivity contribution in [2.45, 2.75) is 51.9 Å². The molecule has 1 saturated heterocycles. The van der Waals surface area contributed by atoms with Crippen LogP contribution in [0.5, 0.6) is 0 Å². The summed E-state index contributed by atoms with van der Waals surface area (Å²) in [5, 5.41) is 4.94. The minimum absolute atomic E-state index is 0.115. The number of nitrogens with zero attached hydrogens (tertiary/aromatic N) is 5. The molecule has 0 aliphatic carbocycles. The van der Waals surface area contributed by atoms with Gasteiger partial charge in [-0.05, 0) is 29.4 Å². The Balaban J connectivity index is 1.88. The second-order valence-electron chi connectivity index (χ2n) is 8.30. The van der Waals surface area contributed by atoms with E-state index in [1.807, 2.05) is 4.52 Å². The molecule has 0 N–H and O–H groups in total. The highest BCUT2D eigenvalue weighted by Crippen LogP contribution is 2.38. The van der Waals surface area contributed by atoms with Crippen LogP contribution in [0.25, 0.3) is 16.9 Å². The number of rotatable bonds is 2. The van der Waals surface area contributed by atoms with E-state index in [4.69, 9.17) is 11.6 Å². The molecule has 1 aromatic carbocycles. The van der Waals surface area contributed by atoms with Gasteiger partial charge in [-0.15, -0.1) is 0 Å². The van der Waals surface area contributed by atoms with Crippen LogP contribution in [0.15, 0.2) is 30.6 Å². The topological polar surface area (TPSA) is 46.3 Å². The summed E-state index contributed by atoms with van der Waals surface area (Å²) in [5.41, 5.74) is 3.42. The van der Waals surface area contributed by atoms with Gasteiger partial charge in [0.2, 0.25) is 0 Å². The molecule has 0 atom stereocenters. The Bertz CT molecular complexity index is 932. The zero-order valence-electron chi connectivity index (χ0n) is 16.2. The van der Waals surface area contributed by atoms with Crippen LogP contribution in [0.4, 0.5) is 5.82 Å². The smallest absolute Gasteiger partial charge is 0.255 e. The van der Waals surface area contributed by atoms with E-state index in [1.165, 1.54) is 31.2 Å². The van der Waals surface area contributed by atoms with Gasteiger partial charge in [-0.25, -0.2) is 0 Å². The normalized spacial score (nSPS) is 15.9. The summed E-state index contributed by atoms with van der Waals surface area (Å²) in [6, 6.07) is 8.66. The third-order valence-corrected chi connectivity index (χ3v) is 5.58. The summed E-state index contributed by atoms with van der Waals surface area (Å²) in [6.07, 6.45) is 6.44. The number of hydrogen-bond acceptors (Lipinski definition) is 4. The first kappa shape index (κ1) is 18.2. The summed E-state index contributed by atoms with van der Waals surface area (Å²) < 4.78 is 1.84. The lowest BCUT2D eigenvalue weighted by molar-refractivity contribution is 0.590. The van der Waals surface area contributed by atoms with Crippen LogP contribution in [-0.4, -0.2) is 32.7 Å². The second kappa shape index (κ2) is 7.12. The van der Waals surface area contributed by atoms with E-state index in [2.05, 4.69) is 65.0 Å². The highest BCUT2D eigenvalue weighted by molar-refractivity contribution is 6.33. The molecule has 1 fully saturated rings. The molecule has 2 aromatic heterocycles. The summed E-state index contributed by atoms with van der Waals surface area (Å²) in [7, 11) is 0. The monoisotopic (exact) mass is 383 g/mol. The molecular weight excluding hydrogens is 358 g/mol. The van der Waals surface area contributed by atoms with Crippen LogP contribution in [0.1, 0.15) is 52.0 Å². The molecule has 0 spiro atoms. The molecule has 3 heterocycles. The Morgan fingerprint density at radius 2 is 1.63 bits per heavy atom. The standard InChI is InChI=1S/C21H26ClN5/c1-21(2,3)16-10-8-15(9-11-16)17-18(22)25-20-23-14-24-27(20)19(17)26-12-6-4-5-7-13-26/h8-11,14H,4-7,12-13H2,1-3H3. The quantitative estimate of drug-likeness (QED) is 0.576. The van der Waals surface area contributed by atoms with Crippen molar-refractivity contribution in [3.8, 4) is 11.1 Å². The maximum Gasteiger partial charge on any atom is 0.255 e. The summed E-state index contributed by atoms with van der Waals surface area (Å²) in [6.45, 7) is 8.67. The predicted molar refractivity (Wildman–Crippen MR) is 111 cm³/mol. The number of hydrogen-bond donors (Lipinski definition) is 0. The Labute approximate surface area is 165 Å². The lowest BCUT2D eigenvalue weighted by atomic mass is 9.86. The maximum absolute atomic E-state index is 6.67. The van der Waals surface area contributed by atoms with Crippen molar-refractivity contribution in [1.29, 1.82) is 0 Å². The number of fused-ring (bicyclic) bond motifs is 1. The molecule has 5 nitrogen and oxygen atoms in total. The first-order valence-electron chi connectivity index (χ1n) is 9.70. The van der Waals surface area contributed by atoms with Gasteiger partial charge < -0.3 is 4.90 Å². The Morgan fingerprint density at radius 3 is 2.26 bits per heavy atom. The van der Waals surface area contributed by atoms with Gasteiger partial charge in [0.25, 0.3) is 5.78 Å². The van der Waals surface area contributed by atoms with Crippen LogP contribution in [-0.2, 0) is 5.41 Å². The third-order valence-electron chi connectivity index (χ3n) is 5.30. The molecule has 1 aliphatic heterocycles. The lowest BCUT2D eigenvalue weighted by Crippen LogP contribution is -2.27. The molecule has 27 heavy (non-hydrogen) atoms. The van der Waals surface area contributed by atoms with E-state index in [0.29, 0.717) is 10.9 Å². The van der Waals surface area contributed by atoms with Crippen molar-refractivity contribution in [3.05, 3.63) is 41.3 Å². The van der Waals surface area contributed by atoms with E-state index in [9.17, 15) is 0 Å². The average Bonchev–Trinajstić information content (AvgIpc) is 2.92. The first-order valence-corrected chi connectivity index (χ1v) is 10.1. The van der Waals surface area contributed by atoms with Gasteiger partial charge in [-0.3, -0.25) is 0 Å². The van der Waals surface area contributed by atoms with Crippen molar-refractivity contribution in [2.75, 3.05) is 18.0 Å². The minimum atomic E-state index is 0.115. The fourth-order valence-corrected chi connectivity index (χ4v) is 4.03. The highest BCUT2D eigenvalue weighted by Gasteiger charge is 2.23. The highest BCUT2D eigenvalue weighted by atomic mass is 35.5. The molecule has 142 valence electrons. The van der Waals surface area contributed by atoms with Gasteiger partial charge in [0.15, 0.2) is 0 Å². The number of halogens is 1. The lowest BCUT2D eigenvalue weighted by Gasteiger charge is -2.26. The molecule has 6 heteroatoms. The SMILES string of the molecule is CC(C)(C)c1ccc(-c2c(Cl)nc3ncnn3c2N2CCCCCC2)cc1. The number of benzene rings is 1. The zero-order chi connectivity index (χ0) is 19.0. The molecule has 0 amide bonds. The Kier molecular flexibility index (Phi) is 4.81. The molecular formula is C21H26ClN5. The van der Waals surface area contributed by atoms with Crippen LogP contribution >= 0.6 is 11.6 Å². The van der Waals surface area contributed by atoms with Gasteiger partial charge in [0.1, 0.15) is 17.3 Å². The Morgan fingerprint density at radius 1 is 0.963 bits per heavy atom. The number of anilines is 1. The molecule has 4 rings (SSSR count). The largest absolute Gasteiger partial charge is 0.356 e. The third kappa shape index (κ3) is 3.53. The molecule has 0 bridgehead atoms. The number of aromatic nitrogens is 4. The molecule has 0 radical (unpaired) electrons. The zero-order valence-corrected chi connectivity index (χ0v) is 17.0. The van der Waals surface area contributed by atoms with Crippen molar-refractivity contribution < 1.29 is 0 Å². The van der Waals surface area contributed by atoms with Gasteiger partial charge in [0, 0.05) is 13.1 Å². The van der Waals surface area contributed by atoms with E-state index in [0.717, 1.165) is 30.0 Å². The van der Waals surface area contributed by atoms with E-state index < -0.39 is 0 Å². The fraction of sp³-hybridized carbons (Fsp3) is 0.476. The van der Waals surface area contributed by atoms with Crippen LogP contribution in [0, 0.1) is 0 Å². The molecule has 1 aliphatic rings. The van der Waals surface area contributed by atoms with Crippen LogP contribution < -0.4 is 4.90 Å². The molecule has 0 unspecified atom stereocenters. The summed E-state index contributed by atoms with van der Waals surface area (Å²) in [5.74, 6) is 1.56. The van der Waals surface area contributed by atoms with Gasteiger partial charge in [-0.1, -0.05) is 69.5 Å². The summed E-state index contributed by atoms with van der Waals surface area (Å²) >= 11 is 6.67. The molecule has 0 saturated carbocycles. The second-order valence-corrected chi connectivity index (χ2v) is 8.66. The Hall–Kier alpha value is -2.14. The van der Waals surface area contributed by atoms with Crippen molar-refractivity contribution in [3.63, 3.8) is 0 Å². The fourth-order valence-electron chi connectivity index (χ4n) is 3.76. The predicted octanol–water partition coefficient (Wildman–Crippen LogP) is 5.12. The van der Waals surface area contributed by atoms with Gasteiger partial charge >= 0.3 is 0 Å². The summed E-state index contributed by atoms with van der Waals surface area (Å²) in [4.78, 5) is 11.2. The first-order chi connectivity index (χ1) is 12.9. The van der Waals surface area contributed by atoms with Crippen LogP contribution in [0.2, 0.25) is 5.15 Å². The molecule has 3 aromatic rings. The van der Waals surface area contributed by atoms with E-state index in [1.54, 1.807) is 6.33 Å². The van der Waals surface area contributed by atoms with E-state index >= 15 is 0 Å². The van der Waals surface area contributed by atoms with Crippen molar-refractivity contribution >= 4 is 23.2 Å².